The van der Waals surface area contributed by atoms with Crippen molar-refractivity contribution in [2.75, 3.05) is 0 Å². The minimum atomic E-state index is -4.94. The average Bonchev–Trinajstić information content (AvgIpc) is 2.52. The van der Waals surface area contributed by atoms with Crippen molar-refractivity contribution in [1.82, 2.24) is 0 Å². The van der Waals surface area contributed by atoms with Crippen molar-refractivity contribution in [3.05, 3.63) is 66.4 Å². The van der Waals surface area contributed by atoms with Crippen LogP contribution in [0.2, 0.25) is 0 Å². The Morgan fingerprint density at radius 1 is 0.875 bits per heavy atom. The van der Waals surface area contributed by atoms with Gasteiger partial charge in [-0.2, -0.15) is 0 Å². The maximum absolute atomic E-state index is 12.3. The predicted octanol–water partition coefficient (Wildman–Crippen LogP) is -1.77. The molecule has 0 bridgehead atoms. The summed E-state index contributed by atoms with van der Waals surface area (Å²) in [5.74, 6) is 0.138. The molecule has 0 fully saturated rings. The third-order valence-corrected chi connectivity index (χ3v) is 3.72. The van der Waals surface area contributed by atoms with Gasteiger partial charge in [-0.3, -0.25) is 0 Å². The molecule has 1 aromatic heterocycles. The monoisotopic (exact) mass is 345 g/mol. The Bertz CT molecular complexity index is 914. The Hall–Kier alpha value is -2.35. The molecule has 0 unspecified atom stereocenters. The molecule has 1 aliphatic heterocycles. The van der Waals surface area contributed by atoms with Crippen LogP contribution in [0.3, 0.4) is 0 Å². The van der Waals surface area contributed by atoms with Gasteiger partial charge in [-0.25, -0.2) is 23.4 Å². The van der Waals surface area contributed by atoms with Crippen LogP contribution in [0.5, 0.6) is 0 Å². The standard InChI is InChI=1S/C17H12NO.ClHO4/c19-17-10-13-6-3-4-8-15(13)16-9-12-5-1-2-7-14(12)11-18(16)17;2-1(3,4)5/h1-9,11H,10H2;(H,2,3,4,5)/q+1;/p-1. The van der Waals surface area contributed by atoms with Crippen LogP contribution < -0.4 is 23.2 Å². The molecule has 3 aromatic rings. The van der Waals surface area contributed by atoms with Gasteiger partial charge in [0.15, 0.2) is 6.20 Å². The first-order chi connectivity index (χ1) is 11.3. The highest BCUT2D eigenvalue weighted by atomic mass is 35.7. The summed E-state index contributed by atoms with van der Waals surface area (Å²) < 4.78 is 35.8. The smallest absolute Gasteiger partial charge is 0.222 e. The first-order valence-corrected chi connectivity index (χ1v) is 8.24. The van der Waals surface area contributed by atoms with Crippen molar-refractivity contribution in [3.8, 4) is 11.3 Å². The second-order valence-corrected chi connectivity index (χ2v) is 6.02. The van der Waals surface area contributed by atoms with E-state index in [9.17, 15) is 4.79 Å². The molecule has 122 valence electrons. The van der Waals surface area contributed by atoms with Gasteiger partial charge in [0.2, 0.25) is 5.69 Å². The van der Waals surface area contributed by atoms with Gasteiger partial charge >= 0.3 is 5.91 Å². The molecular formula is C17H12ClNO5. The number of pyridine rings is 1. The van der Waals surface area contributed by atoms with E-state index in [2.05, 4.69) is 18.2 Å². The Morgan fingerprint density at radius 3 is 2.17 bits per heavy atom. The molecule has 0 saturated heterocycles. The molecule has 0 radical (unpaired) electrons. The fourth-order valence-corrected chi connectivity index (χ4v) is 2.77. The fraction of sp³-hybridized carbons (Fsp3) is 0.0588. The van der Waals surface area contributed by atoms with Gasteiger partial charge in [-0.05, 0) is 23.1 Å². The molecule has 2 heterocycles. The molecule has 4 rings (SSSR count). The van der Waals surface area contributed by atoms with Gasteiger partial charge in [-0.1, -0.05) is 36.4 Å². The minimum absolute atomic E-state index is 0.138. The first-order valence-electron chi connectivity index (χ1n) is 7.00. The zero-order valence-corrected chi connectivity index (χ0v) is 13.1. The molecule has 0 atom stereocenters. The van der Waals surface area contributed by atoms with Crippen LogP contribution in [0, 0.1) is 10.2 Å². The molecule has 0 N–H and O–H groups in total. The van der Waals surface area contributed by atoms with E-state index in [-0.39, 0.29) is 5.91 Å². The summed E-state index contributed by atoms with van der Waals surface area (Å²) in [7, 11) is -4.94. The molecule has 0 spiro atoms. The van der Waals surface area contributed by atoms with Crippen molar-refractivity contribution in [1.29, 1.82) is 0 Å². The van der Waals surface area contributed by atoms with Gasteiger partial charge in [-0.15, -0.1) is 14.8 Å². The number of nitrogens with zero attached hydrogens (tertiary/aromatic N) is 1. The molecule has 24 heavy (non-hydrogen) atoms. The third kappa shape index (κ3) is 3.59. The number of carbonyl (C=O) groups is 1. The molecule has 1 aliphatic rings. The predicted molar refractivity (Wildman–Crippen MR) is 73.9 cm³/mol. The van der Waals surface area contributed by atoms with Crippen LogP contribution in [0.25, 0.3) is 22.0 Å². The van der Waals surface area contributed by atoms with Crippen molar-refractivity contribution in [2.45, 2.75) is 6.42 Å². The topological polar surface area (TPSA) is 113 Å². The number of aromatic nitrogens is 1. The van der Waals surface area contributed by atoms with E-state index in [0.717, 1.165) is 22.2 Å². The minimum Gasteiger partial charge on any atom is -0.222 e. The average molecular weight is 346 g/mol. The maximum Gasteiger partial charge on any atom is 0.397 e. The number of halogens is 1. The highest BCUT2D eigenvalue weighted by Crippen LogP contribution is 2.27. The van der Waals surface area contributed by atoms with Crippen LogP contribution in [0.15, 0.2) is 60.8 Å². The molecule has 0 saturated carbocycles. The summed E-state index contributed by atoms with van der Waals surface area (Å²) in [6, 6.07) is 18.4. The lowest BCUT2D eigenvalue weighted by molar-refractivity contribution is -2.00. The highest BCUT2D eigenvalue weighted by molar-refractivity contribution is 5.88. The van der Waals surface area contributed by atoms with E-state index in [0.29, 0.717) is 6.42 Å². The quantitative estimate of drug-likeness (QED) is 0.448. The molecule has 0 amide bonds. The van der Waals surface area contributed by atoms with Crippen molar-refractivity contribution < 1.29 is 38.2 Å². The summed E-state index contributed by atoms with van der Waals surface area (Å²) in [4.78, 5) is 12.3. The maximum atomic E-state index is 12.3. The van der Waals surface area contributed by atoms with Gasteiger partial charge in [0, 0.05) is 11.5 Å². The Kier molecular flexibility index (Phi) is 4.31. The summed E-state index contributed by atoms with van der Waals surface area (Å²) in [5, 5.41) is 2.26. The van der Waals surface area contributed by atoms with E-state index < -0.39 is 10.2 Å². The first kappa shape index (κ1) is 16.5. The molecule has 2 aromatic carbocycles. The SMILES string of the molecule is O=C1Cc2ccccc2-c2cc3ccccc3c[n+]21.[O-][Cl+3]([O-])([O-])[O-]. The zero-order valence-electron chi connectivity index (χ0n) is 12.3. The van der Waals surface area contributed by atoms with Crippen LogP contribution >= 0.6 is 0 Å². The molecule has 7 heteroatoms. The lowest BCUT2D eigenvalue weighted by Gasteiger charge is -2.17. The fourth-order valence-electron chi connectivity index (χ4n) is 2.77. The lowest BCUT2D eigenvalue weighted by Crippen LogP contribution is -2.68. The lowest BCUT2D eigenvalue weighted by atomic mass is 9.96. The summed E-state index contributed by atoms with van der Waals surface area (Å²) >= 11 is 0. The van der Waals surface area contributed by atoms with E-state index in [1.165, 1.54) is 5.39 Å². The van der Waals surface area contributed by atoms with Crippen molar-refractivity contribution in [2.24, 2.45) is 0 Å². The number of benzene rings is 2. The normalized spacial score (nSPS) is 12.9. The second kappa shape index (κ2) is 6.27. The largest absolute Gasteiger partial charge is 0.397 e. The highest BCUT2D eigenvalue weighted by Gasteiger charge is 2.30. The summed E-state index contributed by atoms with van der Waals surface area (Å²) in [5.41, 5.74) is 3.26. The van der Waals surface area contributed by atoms with Gasteiger partial charge in [0.25, 0.3) is 0 Å². The summed E-state index contributed by atoms with van der Waals surface area (Å²) in [6.07, 6.45) is 2.43. The van der Waals surface area contributed by atoms with Crippen LogP contribution in [0.1, 0.15) is 10.4 Å². The Labute approximate surface area is 139 Å². The van der Waals surface area contributed by atoms with E-state index in [1.54, 1.807) is 4.57 Å². The van der Waals surface area contributed by atoms with E-state index >= 15 is 0 Å². The molecule has 6 nitrogen and oxygen atoms in total. The third-order valence-electron chi connectivity index (χ3n) is 3.72. The Balaban J connectivity index is 0.000000300. The number of hydrogen-bond donors (Lipinski definition) is 0. The number of fused-ring (bicyclic) bond motifs is 4. The summed E-state index contributed by atoms with van der Waals surface area (Å²) in [6.45, 7) is 0. The van der Waals surface area contributed by atoms with E-state index in [4.69, 9.17) is 18.6 Å². The van der Waals surface area contributed by atoms with E-state index in [1.807, 2.05) is 42.6 Å². The number of carbonyl (C=O) groups excluding carboxylic acids is 1. The zero-order chi connectivity index (χ0) is 17.3. The van der Waals surface area contributed by atoms with Crippen LogP contribution in [-0.2, 0) is 6.42 Å². The molecule has 0 aliphatic carbocycles. The molecular weight excluding hydrogens is 334 g/mol. The Morgan fingerprint density at radius 2 is 1.46 bits per heavy atom. The second-order valence-electron chi connectivity index (χ2n) is 5.26. The van der Waals surface area contributed by atoms with Gasteiger partial charge in [0.05, 0.1) is 5.56 Å². The van der Waals surface area contributed by atoms with Gasteiger partial charge < -0.3 is 0 Å². The van der Waals surface area contributed by atoms with Crippen LogP contribution in [0.4, 0.5) is 0 Å². The van der Waals surface area contributed by atoms with Gasteiger partial charge in [0.1, 0.15) is 6.42 Å². The number of hydrogen-bond acceptors (Lipinski definition) is 5. The van der Waals surface area contributed by atoms with Crippen molar-refractivity contribution >= 4 is 16.7 Å². The van der Waals surface area contributed by atoms with Crippen LogP contribution in [-0.4, -0.2) is 5.91 Å². The number of rotatable bonds is 0. The van der Waals surface area contributed by atoms with Crippen molar-refractivity contribution in [3.63, 3.8) is 0 Å².